The molecule has 0 aliphatic carbocycles. The fourth-order valence-corrected chi connectivity index (χ4v) is 4.08. The summed E-state index contributed by atoms with van der Waals surface area (Å²) in [7, 11) is 0. The van der Waals surface area contributed by atoms with E-state index in [2.05, 4.69) is 10.3 Å². The number of hydrogen-bond donors (Lipinski definition) is 1. The highest BCUT2D eigenvalue weighted by Crippen LogP contribution is 2.30. The van der Waals surface area contributed by atoms with E-state index in [-0.39, 0.29) is 24.2 Å². The van der Waals surface area contributed by atoms with Crippen LogP contribution in [0.3, 0.4) is 0 Å². The van der Waals surface area contributed by atoms with Gasteiger partial charge in [-0.05, 0) is 51.0 Å². The lowest BCUT2D eigenvalue weighted by Gasteiger charge is -2.12. The molecule has 1 aliphatic rings. The number of aromatic nitrogens is 1. The molecule has 0 saturated heterocycles. The van der Waals surface area contributed by atoms with Gasteiger partial charge in [0.15, 0.2) is 11.5 Å². The first-order valence-electron chi connectivity index (χ1n) is 9.97. The molecule has 0 saturated carbocycles. The number of nitrogens with zero attached hydrogens (tertiary/aromatic N) is 1. The molecule has 8 heteroatoms. The number of amides is 1. The molecule has 7 nitrogen and oxygen atoms in total. The smallest absolute Gasteiger partial charge is 0.341 e. The minimum absolute atomic E-state index is 0.112. The number of esters is 1. The molecule has 0 spiro atoms. The number of ether oxygens (including phenoxy) is 3. The fraction of sp³-hybridized carbons (Fsp3) is 0.409. The molecule has 1 aromatic heterocycles. The van der Waals surface area contributed by atoms with Crippen molar-refractivity contribution in [3.05, 3.63) is 46.6 Å². The van der Waals surface area contributed by atoms with Crippen molar-refractivity contribution in [3.63, 3.8) is 0 Å². The van der Waals surface area contributed by atoms with Gasteiger partial charge in [0.25, 0.3) is 0 Å². The number of cyclic esters (lactones) is 1. The number of thioether (sulfide) groups is 1. The van der Waals surface area contributed by atoms with E-state index >= 15 is 0 Å². The molecule has 1 aromatic carbocycles. The molecule has 30 heavy (non-hydrogen) atoms. The van der Waals surface area contributed by atoms with E-state index in [1.807, 2.05) is 45.0 Å². The van der Waals surface area contributed by atoms with Gasteiger partial charge in [0, 0.05) is 17.8 Å². The van der Waals surface area contributed by atoms with E-state index in [9.17, 15) is 9.59 Å². The number of benzene rings is 1. The topological polar surface area (TPSA) is 86.8 Å². The molecule has 0 bridgehead atoms. The minimum Gasteiger partial charge on any atom is -0.490 e. The van der Waals surface area contributed by atoms with Gasteiger partial charge in [-0.15, -0.1) is 0 Å². The van der Waals surface area contributed by atoms with E-state index < -0.39 is 0 Å². The molecule has 0 unspecified atom stereocenters. The normalized spacial score (nSPS) is 12.3. The Labute approximate surface area is 180 Å². The fourth-order valence-electron chi connectivity index (χ4n) is 3.14. The summed E-state index contributed by atoms with van der Waals surface area (Å²) >= 11 is 1.25. The molecule has 2 heterocycles. The van der Waals surface area contributed by atoms with Crippen molar-refractivity contribution in [1.29, 1.82) is 0 Å². The summed E-state index contributed by atoms with van der Waals surface area (Å²) in [6, 6.07) is 7.66. The first-order valence-corrected chi connectivity index (χ1v) is 11.0. The highest BCUT2D eigenvalue weighted by atomic mass is 32.2. The SMILES string of the molecule is CCOc1ccc(CCNC(=O)CSc2nc(C)cc3c2C(=O)OC3)cc1OCC. The summed E-state index contributed by atoms with van der Waals surface area (Å²) in [5.74, 6) is 1.13. The maximum absolute atomic E-state index is 12.3. The molecule has 0 atom stereocenters. The van der Waals surface area contributed by atoms with Crippen LogP contribution in [0.15, 0.2) is 29.3 Å². The summed E-state index contributed by atoms with van der Waals surface area (Å²) in [5, 5.41) is 3.46. The van der Waals surface area contributed by atoms with Gasteiger partial charge in [0.2, 0.25) is 5.91 Å². The van der Waals surface area contributed by atoms with Crippen LogP contribution in [0.5, 0.6) is 11.5 Å². The van der Waals surface area contributed by atoms with E-state index in [0.717, 1.165) is 22.6 Å². The van der Waals surface area contributed by atoms with Crippen molar-refractivity contribution in [2.45, 2.75) is 38.8 Å². The summed E-state index contributed by atoms with van der Waals surface area (Å²) < 4.78 is 16.3. The second-order valence-electron chi connectivity index (χ2n) is 6.71. The van der Waals surface area contributed by atoms with E-state index in [0.29, 0.717) is 42.5 Å². The predicted octanol–water partition coefficient (Wildman–Crippen LogP) is 3.31. The molecule has 160 valence electrons. The third kappa shape index (κ3) is 5.44. The van der Waals surface area contributed by atoms with Crippen LogP contribution in [0.1, 0.15) is 41.0 Å². The Morgan fingerprint density at radius 2 is 1.97 bits per heavy atom. The van der Waals surface area contributed by atoms with Gasteiger partial charge in [-0.2, -0.15) is 0 Å². The Morgan fingerprint density at radius 1 is 1.20 bits per heavy atom. The van der Waals surface area contributed by atoms with Gasteiger partial charge < -0.3 is 19.5 Å². The van der Waals surface area contributed by atoms with Gasteiger partial charge in [-0.1, -0.05) is 17.8 Å². The largest absolute Gasteiger partial charge is 0.490 e. The van der Waals surface area contributed by atoms with Gasteiger partial charge in [0.1, 0.15) is 11.6 Å². The highest BCUT2D eigenvalue weighted by Gasteiger charge is 2.26. The zero-order valence-corrected chi connectivity index (χ0v) is 18.3. The molecule has 0 fully saturated rings. The van der Waals surface area contributed by atoms with Crippen molar-refractivity contribution < 1.29 is 23.8 Å². The first kappa shape index (κ1) is 22.0. The standard InChI is InChI=1S/C22H26N2O5S/c1-4-27-17-7-6-15(11-18(17)28-5-2)8-9-23-19(25)13-30-21-20-16(10-14(3)24-21)12-29-22(20)26/h6-7,10-11H,4-5,8-9,12-13H2,1-3H3,(H,23,25). The number of nitrogens with one attached hydrogen (secondary N) is 1. The number of fused-ring (bicyclic) bond motifs is 1. The summed E-state index contributed by atoms with van der Waals surface area (Å²) in [6.07, 6.45) is 0.674. The second-order valence-corrected chi connectivity index (χ2v) is 7.68. The third-order valence-electron chi connectivity index (χ3n) is 4.44. The van der Waals surface area contributed by atoms with Gasteiger partial charge in [0.05, 0.1) is 24.5 Å². The maximum Gasteiger partial charge on any atom is 0.341 e. The number of pyridine rings is 1. The Hall–Kier alpha value is -2.74. The molecule has 2 aromatic rings. The average Bonchev–Trinajstić information content (AvgIpc) is 3.09. The average molecular weight is 431 g/mol. The summed E-state index contributed by atoms with van der Waals surface area (Å²) in [5.41, 5.74) is 3.17. The quantitative estimate of drug-likeness (QED) is 0.457. The van der Waals surface area contributed by atoms with Crippen LogP contribution in [0, 0.1) is 6.92 Å². The number of hydrogen-bond acceptors (Lipinski definition) is 7. The molecule has 1 N–H and O–H groups in total. The van der Waals surface area contributed by atoms with Crippen molar-refractivity contribution in [2.75, 3.05) is 25.5 Å². The molecular weight excluding hydrogens is 404 g/mol. The van der Waals surface area contributed by atoms with Crippen molar-refractivity contribution in [2.24, 2.45) is 0 Å². The van der Waals surface area contributed by atoms with Crippen LogP contribution in [0.2, 0.25) is 0 Å². The van der Waals surface area contributed by atoms with Gasteiger partial charge in [-0.25, -0.2) is 9.78 Å². The van der Waals surface area contributed by atoms with Crippen molar-refractivity contribution >= 4 is 23.6 Å². The van der Waals surface area contributed by atoms with Crippen LogP contribution < -0.4 is 14.8 Å². The van der Waals surface area contributed by atoms with E-state index in [1.165, 1.54) is 11.8 Å². The van der Waals surface area contributed by atoms with E-state index in [4.69, 9.17) is 14.2 Å². The summed E-state index contributed by atoms with van der Waals surface area (Å²) in [4.78, 5) is 28.6. The van der Waals surface area contributed by atoms with Gasteiger partial charge in [-0.3, -0.25) is 4.79 Å². The van der Waals surface area contributed by atoms with Crippen LogP contribution in [0.4, 0.5) is 0 Å². The lowest BCUT2D eigenvalue weighted by molar-refractivity contribution is -0.118. The predicted molar refractivity (Wildman–Crippen MR) is 114 cm³/mol. The number of aryl methyl sites for hydroxylation is 1. The maximum atomic E-state index is 12.3. The molecular formula is C22H26N2O5S. The Morgan fingerprint density at radius 3 is 2.73 bits per heavy atom. The minimum atomic E-state index is -0.374. The number of rotatable bonds is 10. The first-order chi connectivity index (χ1) is 14.5. The van der Waals surface area contributed by atoms with Crippen LogP contribution in [0.25, 0.3) is 0 Å². The zero-order chi connectivity index (χ0) is 21.5. The Kier molecular flexibility index (Phi) is 7.57. The van der Waals surface area contributed by atoms with Crippen molar-refractivity contribution in [1.82, 2.24) is 10.3 Å². The van der Waals surface area contributed by atoms with E-state index in [1.54, 1.807) is 0 Å². The monoisotopic (exact) mass is 430 g/mol. The summed E-state index contributed by atoms with van der Waals surface area (Å²) in [6.45, 7) is 7.62. The number of carbonyl (C=O) groups is 2. The van der Waals surface area contributed by atoms with Crippen LogP contribution >= 0.6 is 11.8 Å². The van der Waals surface area contributed by atoms with Crippen LogP contribution in [-0.2, 0) is 22.6 Å². The van der Waals surface area contributed by atoms with Crippen LogP contribution in [-0.4, -0.2) is 42.4 Å². The Bertz CT molecular complexity index is 932. The zero-order valence-electron chi connectivity index (χ0n) is 17.4. The highest BCUT2D eigenvalue weighted by molar-refractivity contribution is 8.00. The van der Waals surface area contributed by atoms with Crippen molar-refractivity contribution in [3.8, 4) is 11.5 Å². The Balaban J connectivity index is 1.51. The third-order valence-corrected chi connectivity index (χ3v) is 5.42. The molecule has 1 amide bonds. The molecule has 3 rings (SSSR count). The number of carbonyl (C=O) groups excluding carboxylic acids is 2. The molecule has 1 aliphatic heterocycles. The molecule has 0 radical (unpaired) electrons. The lowest BCUT2D eigenvalue weighted by Crippen LogP contribution is -2.27. The lowest BCUT2D eigenvalue weighted by atomic mass is 10.1. The second kappa shape index (κ2) is 10.3. The van der Waals surface area contributed by atoms with Gasteiger partial charge >= 0.3 is 5.97 Å².